The molecule has 20 heavy (non-hydrogen) atoms. The van der Waals surface area contributed by atoms with Crippen molar-refractivity contribution in [1.82, 2.24) is 9.80 Å². The molecule has 2 fully saturated rings. The molecule has 2 heterocycles. The molecule has 2 aliphatic rings. The first-order chi connectivity index (χ1) is 9.66. The van der Waals surface area contributed by atoms with Gasteiger partial charge in [-0.05, 0) is 12.0 Å². The molecule has 0 radical (unpaired) electrons. The number of rotatable bonds is 2. The summed E-state index contributed by atoms with van der Waals surface area (Å²) in [5.74, 6) is 0.171. The lowest BCUT2D eigenvalue weighted by molar-refractivity contribution is -0.140. The van der Waals surface area contributed by atoms with Crippen LogP contribution < -0.4 is 5.73 Å². The minimum atomic E-state index is -0.611. The van der Waals surface area contributed by atoms with Gasteiger partial charge in [-0.1, -0.05) is 30.3 Å². The van der Waals surface area contributed by atoms with E-state index in [1.807, 2.05) is 35.2 Å². The average Bonchev–Trinajstić information content (AvgIpc) is 2.87. The van der Waals surface area contributed by atoms with Crippen LogP contribution in [-0.2, 0) is 9.59 Å². The topological polar surface area (TPSA) is 66.6 Å². The minimum Gasteiger partial charge on any atom is -0.337 e. The van der Waals surface area contributed by atoms with Gasteiger partial charge in [-0.3, -0.25) is 9.59 Å². The lowest BCUT2D eigenvalue weighted by Gasteiger charge is -2.38. The van der Waals surface area contributed by atoms with Crippen LogP contribution in [0.4, 0.5) is 0 Å². The molecule has 2 aliphatic heterocycles. The molecule has 0 saturated carbocycles. The zero-order chi connectivity index (χ0) is 14.1. The van der Waals surface area contributed by atoms with Crippen LogP contribution in [0.15, 0.2) is 30.3 Å². The van der Waals surface area contributed by atoms with Gasteiger partial charge in [0.1, 0.15) is 6.04 Å². The Morgan fingerprint density at radius 2 is 2.00 bits per heavy atom. The number of hydrogen-bond acceptors (Lipinski definition) is 3. The molecule has 2 saturated heterocycles. The summed E-state index contributed by atoms with van der Waals surface area (Å²) in [6.07, 6.45) is 1.46. The minimum absolute atomic E-state index is 0.0461. The summed E-state index contributed by atoms with van der Waals surface area (Å²) < 4.78 is 0. The zero-order valence-corrected chi connectivity index (χ0v) is 11.4. The Morgan fingerprint density at radius 3 is 2.75 bits per heavy atom. The monoisotopic (exact) mass is 273 g/mol. The van der Waals surface area contributed by atoms with Crippen LogP contribution in [0.5, 0.6) is 0 Å². The maximum absolute atomic E-state index is 12.5. The molecule has 5 heteroatoms. The molecule has 1 aromatic rings. The second kappa shape index (κ2) is 5.25. The fourth-order valence-corrected chi connectivity index (χ4v) is 3.06. The Hall–Kier alpha value is -1.88. The molecule has 0 spiro atoms. The first-order valence-electron chi connectivity index (χ1n) is 7.05. The summed E-state index contributed by atoms with van der Waals surface area (Å²) in [6.45, 7) is 1.84. The molecule has 2 N–H and O–H groups in total. The van der Waals surface area contributed by atoms with Crippen molar-refractivity contribution in [3.8, 4) is 0 Å². The van der Waals surface area contributed by atoms with Crippen molar-refractivity contribution in [1.29, 1.82) is 0 Å². The van der Waals surface area contributed by atoms with Gasteiger partial charge < -0.3 is 15.5 Å². The molecular formula is C15H19N3O2. The summed E-state index contributed by atoms with van der Waals surface area (Å²) in [7, 11) is 0. The molecule has 5 nitrogen and oxygen atoms in total. The van der Waals surface area contributed by atoms with E-state index in [0.29, 0.717) is 26.1 Å². The number of benzene rings is 1. The van der Waals surface area contributed by atoms with Crippen LogP contribution in [0.2, 0.25) is 0 Å². The van der Waals surface area contributed by atoms with Gasteiger partial charge in [0.05, 0.1) is 0 Å². The fourth-order valence-electron chi connectivity index (χ4n) is 3.06. The van der Waals surface area contributed by atoms with E-state index in [-0.39, 0.29) is 17.9 Å². The Labute approximate surface area is 118 Å². The quantitative estimate of drug-likeness (QED) is 0.854. The van der Waals surface area contributed by atoms with E-state index in [1.54, 1.807) is 4.90 Å². The van der Waals surface area contributed by atoms with Gasteiger partial charge in [-0.25, -0.2) is 0 Å². The number of fused-ring (bicyclic) bond motifs is 1. The summed E-state index contributed by atoms with van der Waals surface area (Å²) in [5, 5.41) is 0. The summed E-state index contributed by atoms with van der Waals surface area (Å²) in [4.78, 5) is 27.8. The predicted molar refractivity (Wildman–Crippen MR) is 74.7 cm³/mol. The number of carbonyl (C=O) groups excluding carboxylic acids is 2. The van der Waals surface area contributed by atoms with E-state index >= 15 is 0 Å². The first kappa shape index (κ1) is 13.1. The molecule has 0 aromatic heterocycles. The highest BCUT2D eigenvalue weighted by molar-refractivity contribution is 5.84. The van der Waals surface area contributed by atoms with E-state index in [4.69, 9.17) is 5.73 Å². The molecule has 0 aliphatic carbocycles. The summed E-state index contributed by atoms with van der Waals surface area (Å²) in [5.41, 5.74) is 6.90. The lowest BCUT2D eigenvalue weighted by atomic mass is 10.1. The van der Waals surface area contributed by atoms with Crippen LogP contribution >= 0.6 is 0 Å². The smallest absolute Gasteiger partial charge is 0.244 e. The van der Waals surface area contributed by atoms with Crippen molar-refractivity contribution in [2.45, 2.75) is 24.9 Å². The molecular weight excluding hydrogens is 254 g/mol. The van der Waals surface area contributed by atoms with Crippen LogP contribution in [0, 0.1) is 0 Å². The Kier molecular flexibility index (Phi) is 3.44. The highest BCUT2D eigenvalue weighted by Gasteiger charge is 2.37. The second-order valence-electron chi connectivity index (χ2n) is 5.45. The normalized spacial score (nSPS) is 23.6. The highest BCUT2D eigenvalue weighted by Crippen LogP contribution is 2.24. The Bertz CT molecular complexity index is 517. The molecule has 106 valence electrons. The van der Waals surface area contributed by atoms with Crippen molar-refractivity contribution in [2.75, 3.05) is 19.6 Å². The van der Waals surface area contributed by atoms with Gasteiger partial charge in [0, 0.05) is 32.1 Å². The number of nitrogens with zero attached hydrogens (tertiary/aromatic N) is 2. The van der Waals surface area contributed by atoms with Crippen LogP contribution in [0.3, 0.4) is 0 Å². The molecule has 0 bridgehead atoms. The van der Waals surface area contributed by atoms with E-state index in [9.17, 15) is 9.59 Å². The summed E-state index contributed by atoms with van der Waals surface area (Å²) >= 11 is 0. The number of nitrogens with two attached hydrogens (primary N) is 1. The van der Waals surface area contributed by atoms with Crippen LogP contribution in [-0.4, -0.2) is 47.3 Å². The SMILES string of the molecule is NC(C(=O)N1CCN2C(=O)CCC2C1)c1ccccc1. The summed E-state index contributed by atoms with van der Waals surface area (Å²) in [6, 6.07) is 8.99. The van der Waals surface area contributed by atoms with Crippen molar-refractivity contribution in [2.24, 2.45) is 5.73 Å². The molecule has 3 rings (SSSR count). The van der Waals surface area contributed by atoms with Crippen LogP contribution in [0.1, 0.15) is 24.4 Å². The maximum atomic E-state index is 12.5. The van der Waals surface area contributed by atoms with Gasteiger partial charge in [-0.15, -0.1) is 0 Å². The average molecular weight is 273 g/mol. The zero-order valence-electron chi connectivity index (χ0n) is 11.4. The predicted octanol–water partition coefficient (Wildman–Crippen LogP) is 0.520. The van der Waals surface area contributed by atoms with Crippen molar-refractivity contribution in [3.05, 3.63) is 35.9 Å². The van der Waals surface area contributed by atoms with E-state index in [2.05, 4.69) is 0 Å². The van der Waals surface area contributed by atoms with Gasteiger partial charge in [0.2, 0.25) is 11.8 Å². The lowest BCUT2D eigenvalue weighted by Crippen LogP contribution is -2.54. The van der Waals surface area contributed by atoms with Crippen molar-refractivity contribution >= 4 is 11.8 Å². The number of amides is 2. The third-order valence-corrected chi connectivity index (χ3v) is 4.23. The molecule has 2 amide bonds. The van der Waals surface area contributed by atoms with E-state index < -0.39 is 6.04 Å². The standard InChI is InChI=1S/C15H19N3O2/c16-14(11-4-2-1-3-5-11)15(20)17-8-9-18-12(10-17)6-7-13(18)19/h1-5,12,14H,6-10,16H2. The van der Waals surface area contributed by atoms with E-state index in [0.717, 1.165) is 12.0 Å². The Balaban J connectivity index is 1.68. The number of carbonyl (C=O) groups is 2. The van der Waals surface area contributed by atoms with Gasteiger partial charge in [0.25, 0.3) is 0 Å². The van der Waals surface area contributed by atoms with E-state index in [1.165, 1.54) is 0 Å². The van der Waals surface area contributed by atoms with Crippen molar-refractivity contribution in [3.63, 3.8) is 0 Å². The van der Waals surface area contributed by atoms with Gasteiger partial charge in [-0.2, -0.15) is 0 Å². The third kappa shape index (κ3) is 2.29. The third-order valence-electron chi connectivity index (χ3n) is 4.23. The number of hydrogen-bond donors (Lipinski definition) is 1. The van der Waals surface area contributed by atoms with Gasteiger partial charge >= 0.3 is 0 Å². The Morgan fingerprint density at radius 1 is 1.25 bits per heavy atom. The largest absolute Gasteiger partial charge is 0.337 e. The fraction of sp³-hybridized carbons (Fsp3) is 0.467. The highest BCUT2D eigenvalue weighted by atomic mass is 16.2. The van der Waals surface area contributed by atoms with Crippen LogP contribution in [0.25, 0.3) is 0 Å². The molecule has 2 atom stereocenters. The first-order valence-corrected chi connectivity index (χ1v) is 7.05. The second-order valence-corrected chi connectivity index (χ2v) is 5.45. The maximum Gasteiger partial charge on any atom is 0.244 e. The van der Waals surface area contributed by atoms with Gasteiger partial charge in [0.15, 0.2) is 0 Å². The van der Waals surface area contributed by atoms with Crippen molar-refractivity contribution < 1.29 is 9.59 Å². The molecule has 1 aromatic carbocycles. The molecule has 2 unspecified atom stereocenters. The number of piperazine rings is 1.